The molecule has 0 spiro atoms. The molecule has 8 nitrogen and oxygen atoms in total. The van der Waals surface area contributed by atoms with Gasteiger partial charge in [-0.2, -0.15) is 0 Å². The van der Waals surface area contributed by atoms with Crippen LogP contribution in [0.15, 0.2) is 54.6 Å². The van der Waals surface area contributed by atoms with Crippen molar-refractivity contribution < 1.29 is 24.2 Å². The molecular formula is C35H41Cl2N3O5. The third-order valence-electron chi connectivity index (χ3n) is 9.69. The van der Waals surface area contributed by atoms with E-state index in [1.54, 1.807) is 12.1 Å². The molecule has 0 aliphatic heterocycles. The lowest BCUT2D eigenvalue weighted by molar-refractivity contribution is -0.191. The van der Waals surface area contributed by atoms with Crippen LogP contribution in [0, 0.1) is 30.6 Å². The van der Waals surface area contributed by atoms with Crippen LogP contribution in [0.25, 0.3) is 22.4 Å². The number of amides is 1. The van der Waals surface area contributed by atoms with Crippen LogP contribution in [-0.2, 0) is 4.74 Å². The van der Waals surface area contributed by atoms with Crippen molar-refractivity contribution in [1.82, 2.24) is 15.2 Å². The standard InChI is InChI=1S/C35H40ClN3O5.ClH/c1-21-7-4-5-8-27(21)28-10-12-30(37-32(28)24-9-11-29(36)31(20-24)43-14-6-13-39(2)3)33(40)38-35(44-34(41)42)25-16-22-15-23(18-25)19-26(35)17-22;/h4-5,7-12,20,22-23,25-26H,6,13-19H2,1-3H3,(H,38,40)(H,41,42);1H. The Balaban J connectivity index is 0.00000400. The fraction of sp³-hybridized carbons (Fsp3) is 0.457. The van der Waals surface area contributed by atoms with Crippen LogP contribution >= 0.6 is 24.0 Å². The summed E-state index contributed by atoms with van der Waals surface area (Å²) in [7, 11) is 4.04. The molecule has 1 heterocycles. The van der Waals surface area contributed by atoms with Gasteiger partial charge in [0.25, 0.3) is 5.91 Å². The topological polar surface area (TPSA) is 101 Å². The predicted molar refractivity (Wildman–Crippen MR) is 177 cm³/mol. The Labute approximate surface area is 275 Å². The number of ether oxygens (including phenoxy) is 2. The average molecular weight is 655 g/mol. The minimum absolute atomic E-state index is 0. The first-order valence-electron chi connectivity index (χ1n) is 15.5. The molecule has 2 aromatic carbocycles. The predicted octanol–water partition coefficient (Wildman–Crippen LogP) is 7.71. The van der Waals surface area contributed by atoms with Crippen molar-refractivity contribution in [2.24, 2.45) is 23.7 Å². The molecule has 10 heteroatoms. The summed E-state index contributed by atoms with van der Waals surface area (Å²) >= 11 is 6.53. The number of carbonyl (C=O) groups is 2. The lowest BCUT2D eigenvalue weighted by Gasteiger charge is -2.59. The lowest BCUT2D eigenvalue weighted by atomic mass is 9.52. The van der Waals surface area contributed by atoms with Gasteiger partial charge >= 0.3 is 6.16 Å². The maximum Gasteiger partial charge on any atom is 0.507 e. The van der Waals surface area contributed by atoms with Crippen molar-refractivity contribution in [2.45, 2.75) is 51.2 Å². The van der Waals surface area contributed by atoms with Gasteiger partial charge in [-0.05, 0) is 107 Å². The first-order chi connectivity index (χ1) is 21.1. The van der Waals surface area contributed by atoms with Crippen molar-refractivity contribution in [1.29, 1.82) is 0 Å². The maximum absolute atomic E-state index is 14.0. The normalized spacial score (nSPS) is 24.6. The molecule has 4 aliphatic rings. The average Bonchev–Trinajstić information content (AvgIpc) is 2.98. The number of carboxylic acid groups (broad SMARTS) is 1. The molecule has 0 atom stereocenters. The Morgan fingerprint density at radius 3 is 2.33 bits per heavy atom. The van der Waals surface area contributed by atoms with Crippen LogP contribution in [0.5, 0.6) is 5.75 Å². The summed E-state index contributed by atoms with van der Waals surface area (Å²) in [6, 6.07) is 17.2. The van der Waals surface area contributed by atoms with Crippen LogP contribution in [-0.4, -0.2) is 60.0 Å². The molecule has 0 radical (unpaired) electrons. The quantitative estimate of drug-likeness (QED) is 0.131. The molecule has 4 aliphatic carbocycles. The molecule has 1 aromatic heterocycles. The summed E-state index contributed by atoms with van der Waals surface area (Å²) in [5.41, 5.74) is 3.27. The van der Waals surface area contributed by atoms with Crippen molar-refractivity contribution in [2.75, 3.05) is 27.2 Å². The number of nitrogens with one attached hydrogen (secondary N) is 1. The monoisotopic (exact) mass is 653 g/mol. The lowest BCUT2D eigenvalue weighted by Crippen LogP contribution is -2.68. The highest BCUT2D eigenvalue weighted by Crippen LogP contribution is 2.58. The number of hydrogen-bond donors (Lipinski definition) is 2. The summed E-state index contributed by atoms with van der Waals surface area (Å²) in [5, 5.41) is 13.3. The number of benzene rings is 2. The van der Waals surface area contributed by atoms with Gasteiger partial charge in [0.15, 0.2) is 5.72 Å². The summed E-state index contributed by atoms with van der Waals surface area (Å²) in [6.45, 7) is 3.45. The van der Waals surface area contributed by atoms with Gasteiger partial charge in [0, 0.05) is 29.5 Å². The highest BCUT2D eigenvalue weighted by atomic mass is 35.5. The number of pyridine rings is 1. The van der Waals surface area contributed by atoms with Gasteiger partial charge in [-0.3, -0.25) is 4.79 Å². The number of aryl methyl sites for hydroxylation is 1. The highest BCUT2D eigenvalue weighted by molar-refractivity contribution is 6.32. The summed E-state index contributed by atoms with van der Waals surface area (Å²) < 4.78 is 11.7. The van der Waals surface area contributed by atoms with Gasteiger partial charge in [0.05, 0.1) is 17.3 Å². The van der Waals surface area contributed by atoms with Gasteiger partial charge < -0.3 is 24.8 Å². The van der Waals surface area contributed by atoms with Gasteiger partial charge in [0.2, 0.25) is 0 Å². The van der Waals surface area contributed by atoms with Crippen LogP contribution in [0.4, 0.5) is 4.79 Å². The molecule has 45 heavy (non-hydrogen) atoms. The first kappa shape index (κ1) is 33.0. The number of hydrogen-bond acceptors (Lipinski definition) is 6. The zero-order valence-corrected chi connectivity index (χ0v) is 27.5. The summed E-state index contributed by atoms with van der Waals surface area (Å²) in [6.07, 6.45) is 4.15. The Hall–Kier alpha value is -3.33. The molecule has 1 amide bonds. The first-order valence-corrected chi connectivity index (χ1v) is 15.9. The number of halogens is 2. The van der Waals surface area contributed by atoms with E-state index < -0.39 is 17.8 Å². The minimum atomic E-state index is -1.36. The molecule has 0 unspecified atom stereocenters. The van der Waals surface area contributed by atoms with Crippen molar-refractivity contribution in [3.05, 3.63) is 70.9 Å². The summed E-state index contributed by atoms with van der Waals surface area (Å²) in [5.74, 6) is 1.19. The Kier molecular flexibility index (Phi) is 9.97. The SMILES string of the molecule is Cc1ccccc1-c1ccc(C(=O)NC2(OC(=O)O)C3CC4CC(C3)CC2C4)nc1-c1ccc(Cl)c(OCCCN(C)C)c1.Cl. The van der Waals surface area contributed by atoms with Crippen LogP contribution in [0.1, 0.15) is 54.6 Å². The minimum Gasteiger partial charge on any atom is -0.492 e. The van der Waals surface area contributed by atoms with E-state index in [9.17, 15) is 14.7 Å². The number of aromatic nitrogens is 1. The van der Waals surface area contributed by atoms with E-state index in [-0.39, 0.29) is 29.9 Å². The maximum atomic E-state index is 14.0. The number of carbonyl (C=O) groups excluding carboxylic acids is 1. The molecule has 4 bridgehead atoms. The number of nitrogens with zero attached hydrogens (tertiary/aromatic N) is 2. The van der Waals surface area contributed by atoms with E-state index >= 15 is 0 Å². The van der Waals surface area contributed by atoms with E-state index in [0.29, 0.717) is 34.9 Å². The van der Waals surface area contributed by atoms with Crippen LogP contribution in [0.2, 0.25) is 5.02 Å². The highest BCUT2D eigenvalue weighted by Gasteiger charge is 2.60. The Bertz CT molecular complexity index is 1530. The van der Waals surface area contributed by atoms with E-state index in [1.165, 1.54) is 6.42 Å². The summed E-state index contributed by atoms with van der Waals surface area (Å²) in [4.78, 5) is 33.0. The molecule has 240 valence electrons. The fourth-order valence-corrected chi connectivity index (χ4v) is 8.06. The van der Waals surface area contributed by atoms with Crippen LogP contribution in [0.3, 0.4) is 0 Å². The second kappa shape index (κ2) is 13.6. The second-order valence-electron chi connectivity index (χ2n) is 13.0. The molecule has 0 saturated heterocycles. The second-order valence-corrected chi connectivity index (χ2v) is 13.4. The van der Waals surface area contributed by atoms with E-state index in [4.69, 9.17) is 26.1 Å². The third kappa shape index (κ3) is 6.79. The van der Waals surface area contributed by atoms with E-state index in [1.807, 2.05) is 63.5 Å². The van der Waals surface area contributed by atoms with Crippen molar-refractivity contribution in [3.63, 3.8) is 0 Å². The van der Waals surface area contributed by atoms with Gasteiger partial charge in [-0.1, -0.05) is 41.9 Å². The van der Waals surface area contributed by atoms with Gasteiger partial charge in [0.1, 0.15) is 11.4 Å². The smallest absolute Gasteiger partial charge is 0.492 e. The van der Waals surface area contributed by atoms with Crippen molar-refractivity contribution in [3.8, 4) is 28.1 Å². The molecule has 7 rings (SSSR count). The molecule has 4 fully saturated rings. The Morgan fingerprint density at radius 2 is 1.69 bits per heavy atom. The van der Waals surface area contributed by atoms with Gasteiger partial charge in [-0.15, -0.1) is 12.4 Å². The third-order valence-corrected chi connectivity index (χ3v) is 10.0. The van der Waals surface area contributed by atoms with Crippen molar-refractivity contribution >= 4 is 36.1 Å². The number of rotatable bonds is 10. The van der Waals surface area contributed by atoms with Gasteiger partial charge in [-0.25, -0.2) is 9.78 Å². The van der Waals surface area contributed by atoms with Crippen LogP contribution < -0.4 is 10.1 Å². The fourth-order valence-electron chi connectivity index (χ4n) is 7.89. The zero-order valence-electron chi connectivity index (χ0n) is 25.9. The molecular weight excluding hydrogens is 613 g/mol. The van der Waals surface area contributed by atoms with E-state index in [0.717, 1.165) is 60.9 Å². The zero-order chi connectivity index (χ0) is 31.0. The molecule has 3 aromatic rings. The molecule has 2 N–H and O–H groups in total. The Morgan fingerprint density at radius 1 is 1.00 bits per heavy atom. The largest absolute Gasteiger partial charge is 0.507 e. The van der Waals surface area contributed by atoms with E-state index in [2.05, 4.69) is 10.2 Å². The molecule has 4 saturated carbocycles.